The first-order valence-electron chi connectivity index (χ1n) is 9.62. The predicted octanol–water partition coefficient (Wildman–Crippen LogP) is 3.11. The molecule has 2 aromatic carbocycles. The maximum absolute atomic E-state index is 11.9. The second kappa shape index (κ2) is 8.74. The van der Waals surface area contributed by atoms with Crippen LogP contribution in [-0.4, -0.2) is 40.2 Å². The van der Waals surface area contributed by atoms with E-state index in [2.05, 4.69) is 55.6 Å². The Morgan fingerprint density at radius 2 is 1.81 bits per heavy atom. The number of carbonyl (C=O) groups excluding carboxylic acids is 1. The molecule has 1 fully saturated rings. The number of ether oxygens (including phenoxy) is 1. The number of aliphatic hydroxyl groups is 1. The van der Waals surface area contributed by atoms with Crippen molar-refractivity contribution < 1.29 is 14.6 Å². The van der Waals surface area contributed by atoms with Crippen molar-refractivity contribution in [2.45, 2.75) is 55.9 Å². The van der Waals surface area contributed by atoms with Gasteiger partial charge in [0, 0.05) is 0 Å². The van der Waals surface area contributed by atoms with Crippen LogP contribution in [0.15, 0.2) is 54.6 Å². The van der Waals surface area contributed by atoms with Crippen molar-refractivity contribution in [3.63, 3.8) is 0 Å². The van der Waals surface area contributed by atoms with Crippen molar-refractivity contribution in [3.05, 3.63) is 60.2 Å². The summed E-state index contributed by atoms with van der Waals surface area (Å²) in [4.78, 5) is 11.9. The molecule has 3 nitrogen and oxygen atoms in total. The molecule has 0 aliphatic carbocycles. The molecule has 1 aliphatic heterocycles. The molecular weight excluding hydrogens is 419 g/mol. The fraction of sp³-hybridized carbons (Fsp3) is 0.409. The van der Waals surface area contributed by atoms with Gasteiger partial charge >= 0.3 is 169 Å². The van der Waals surface area contributed by atoms with Gasteiger partial charge in [0.25, 0.3) is 0 Å². The molecule has 0 spiro atoms. The Kier molecular flexibility index (Phi) is 6.59. The van der Waals surface area contributed by atoms with Crippen molar-refractivity contribution in [1.82, 2.24) is 0 Å². The Bertz CT molecular complexity index is 778. The average molecular weight is 448 g/mol. The normalized spacial score (nSPS) is 19.6. The number of cyclic esters (lactones) is 1. The fourth-order valence-electron chi connectivity index (χ4n) is 3.70. The third-order valence-corrected chi connectivity index (χ3v) is 15.8. The third kappa shape index (κ3) is 4.54. The van der Waals surface area contributed by atoms with Gasteiger partial charge in [-0.25, -0.2) is 0 Å². The van der Waals surface area contributed by atoms with Crippen LogP contribution in [0.4, 0.5) is 0 Å². The van der Waals surface area contributed by atoms with Crippen LogP contribution in [0, 0.1) is 0 Å². The first-order valence-corrected chi connectivity index (χ1v) is 14.5. The summed E-state index contributed by atoms with van der Waals surface area (Å²) in [6, 6.07) is 18.9. The van der Waals surface area contributed by atoms with E-state index in [9.17, 15) is 9.90 Å². The molecular formula is C22H28O3SeSi. The molecule has 1 saturated heterocycles. The van der Waals surface area contributed by atoms with Crippen LogP contribution in [0.1, 0.15) is 37.9 Å². The van der Waals surface area contributed by atoms with E-state index in [1.807, 2.05) is 19.1 Å². The fourth-order valence-corrected chi connectivity index (χ4v) is 12.2. The zero-order valence-electron chi connectivity index (χ0n) is 16.2. The van der Waals surface area contributed by atoms with Crippen molar-refractivity contribution in [3.8, 4) is 0 Å². The summed E-state index contributed by atoms with van der Waals surface area (Å²) in [5.74, 6) is -0.0689. The quantitative estimate of drug-likeness (QED) is 0.524. The summed E-state index contributed by atoms with van der Waals surface area (Å²) in [5, 5.41) is 11.9. The van der Waals surface area contributed by atoms with Crippen LogP contribution in [-0.2, 0) is 9.53 Å². The number of aliphatic hydroxyl groups excluding tert-OH is 1. The van der Waals surface area contributed by atoms with Gasteiger partial charge in [-0.1, -0.05) is 0 Å². The van der Waals surface area contributed by atoms with E-state index in [0.29, 0.717) is 17.3 Å². The minimum atomic E-state index is -1.89. The number of esters is 1. The Hall–Kier alpha value is -1.39. The Morgan fingerprint density at radius 1 is 1.15 bits per heavy atom. The molecule has 27 heavy (non-hydrogen) atoms. The van der Waals surface area contributed by atoms with E-state index in [1.165, 1.54) is 9.65 Å². The van der Waals surface area contributed by atoms with E-state index < -0.39 is 14.2 Å². The van der Waals surface area contributed by atoms with E-state index >= 15 is 0 Å². The predicted molar refractivity (Wildman–Crippen MR) is 114 cm³/mol. The Labute approximate surface area is 169 Å². The van der Waals surface area contributed by atoms with E-state index in [1.54, 1.807) is 0 Å². The molecule has 0 radical (unpaired) electrons. The molecule has 0 saturated carbocycles. The van der Waals surface area contributed by atoms with Crippen LogP contribution in [0.5, 0.6) is 0 Å². The van der Waals surface area contributed by atoms with E-state index in [4.69, 9.17) is 4.74 Å². The van der Waals surface area contributed by atoms with Crippen molar-refractivity contribution in [2.75, 3.05) is 0 Å². The van der Waals surface area contributed by atoms with Gasteiger partial charge in [0.1, 0.15) is 0 Å². The van der Waals surface area contributed by atoms with E-state index in [-0.39, 0.29) is 27.0 Å². The van der Waals surface area contributed by atoms with Crippen LogP contribution < -0.4 is 9.65 Å². The van der Waals surface area contributed by atoms with Gasteiger partial charge in [-0.15, -0.1) is 0 Å². The second-order valence-electron chi connectivity index (χ2n) is 7.66. The first-order chi connectivity index (χ1) is 12.9. The third-order valence-electron chi connectivity index (χ3n) is 5.40. The molecule has 2 aromatic rings. The van der Waals surface area contributed by atoms with Gasteiger partial charge < -0.3 is 0 Å². The van der Waals surface area contributed by atoms with Crippen LogP contribution >= 0.6 is 0 Å². The molecule has 0 aromatic heterocycles. The Morgan fingerprint density at radius 3 is 2.44 bits per heavy atom. The van der Waals surface area contributed by atoms with Gasteiger partial charge in [0.05, 0.1) is 0 Å². The van der Waals surface area contributed by atoms with Crippen molar-refractivity contribution in [2.24, 2.45) is 0 Å². The topological polar surface area (TPSA) is 46.5 Å². The SMILES string of the molecule is CC[C@H](O)c1ccccc1[Se][C@@H]([C@@H]1CCC(=O)O1)[Si](C)(C)c1ccccc1. The van der Waals surface area contributed by atoms with Crippen molar-refractivity contribution >= 4 is 38.6 Å². The zero-order chi connectivity index (χ0) is 19.4. The Balaban J connectivity index is 1.98. The average Bonchev–Trinajstić information content (AvgIpc) is 3.12. The number of rotatable bonds is 7. The molecule has 1 aliphatic rings. The summed E-state index contributed by atoms with van der Waals surface area (Å²) in [5.41, 5.74) is 1.03. The molecule has 0 bridgehead atoms. The summed E-state index contributed by atoms with van der Waals surface area (Å²) in [6.07, 6.45) is 1.60. The zero-order valence-corrected chi connectivity index (χ0v) is 18.9. The number of benzene rings is 2. The second-order valence-corrected chi connectivity index (χ2v) is 15.7. The minimum absolute atomic E-state index is 0.00815. The molecule has 0 amide bonds. The standard InChI is InChI=1S/C22H28O3SeSi/c1-4-18(23)17-12-8-9-13-20(17)26-22(19-14-15-21(24)25-19)27(2,3)16-10-6-5-7-11-16/h5-13,18-19,22-23H,4,14-15H2,1-3H3/t18-,19-,22+/m0/s1. The van der Waals surface area contributed by atoms with Gasteiger partial charge in [0.15, 0.2) is 0 Å². The van der Waals surface area contributed by atoms with Gasteiger partial charge in [0.2, 0.25) is 0 Å². The van der Waals surface area contributed by atoms with E-state index in [0.717, 1.165) is 12.0 Å². The number of hydrogen-bond acceptors (Lipinski definition) is 3. The molecule has 1 N–H and O–H groups in total. The number of hydrogen-bond donors (Lipinski definition) is 1. The summed E-state index contributed by atoms with van der Waals surface area (Å²) in [6.45, 7) is 6.78. The van der Waals surface area contributed by atoms with Crippen LogP contribution in [0.3, 0.4) is 0 Å². The van der Waals surface area contributed by atoms with Gasteiger partial charge in [-0.3, -0.25) is 0 Å². The monoisotopic (exact) mass is 448 g/mol. The van der Waals surface area contributed by atoms with Crippen LogP contribution in [0.2, 0.25) is 17.5 Å². The summed E-state index contributed by atoms with van der Waals surface area (Å²) >= 11 is 0.119. The maximum atomic E-state index is 11.9. The van der Waals surface area contributed by atoms with Gasteiger partial charge in [-0.2, -0.15) is 0 Å². The number of carbonyl (C=O) groups is 1. The van der Waals surface area contributed by atoms with Crippen LogP contribution in [0.25, 0.3) is 0 Å². The van der Waals surface area contributed by atoms with Gasteiger partial charge in [-0.05, 0) is 0 Å². The van der Waals surface area contributed by atoms with Crippen molar-refractivity contribution in [1.29, 1.82) is 0 Å². The molecule has 0 unspecified atom stereocenters. The molecule has 1 heterocycles. The first kappa shape index (κ1) is 20.3. The summed E-state index contributed by atoms with van der Waals surface area (Å²) < 4.78 is 7.36. The molecule has 3 atom stereocenters. The molecule has 144 valence electrons. The summed E-state index contributed by atoms with van der Waals surface area (Å²) in [7, 11) is -1.89. The molecule has 5 heteroatoms. The molecule has 3 rings (SSSR count).